The van der Waals surface area contributed by atoms with Crippen molar-refractivity contribution in [1.82, 2.24) is 20.1 Å². The lowest BCUT2D eigenvalue weighted by Crippen LogP contribution is -2.28. The highest BCUT2D eigenvalue weighted by Gasteiger charge is 2.22. The van der Waals surface area contributed by atoms with Crippen LogP contribution in [0.1, 0.15) is 41.2 Å². The van der Waals surface area contributed by atoms with E-state index < -0.39 is 0 Å². The third kappa shape index (κ3) is 4.66. The number of ether oxygens (including phenoxy) is 1. The predicted octanol–water partition coefficient (Wildman–Crippen LogP) is 3.79. The van der Waals surface area contributed by atoms with E-state index in [-0.39, 0.29) is 17.5 Å². The number of nitrogens with one attached hydrogen (secondary N) is 2. The summed E-state index contributed by atoms with van der Waals surface area (Å²) >= 11 is 0. The summed E-state index contributed by atoms with van der Waals surface area (Å²) in [6, 6.07) is 14.2. The molecule has 1 aliphatic heterocycles. The maximum absolute atomic E-state index is 13.1. The van der Waals surface area contributed by atoms with E-state index in [1.54, 1.807) is 6.20 Å². The van der Waals surface area contributed by atoms with Crippen LogP contribution in [0.15, 0.2) is 53.5 Å². The molecule has 0 atom stereocenters. The molecule has 1 aliphatic rings. The molecule has 2 aromatic heterocycles. The number of para-hydroxylation sites is 1. The molecule has 0 unspecified atom stereocenters. The van der Waals surface area contributed by atoms with Crippen LogP contribution in [0.4, 0.5) is 5.69 Å². The van der Waals surface area contributed by atoms with Crippen molar-refractivity contribution in [3.8, 4) is 0 Å². The van der Waals surface area contributed by atoms with Crippen LogP contribution in [-0.2, 0) is 4.74 Å². The van der Waals surface area contributed by atoms with Gasteiger partial charge in [0.1, 0.15) is 0 Å². The molecule has 0 spiro atoms. The SMILES string of the molecule is Cc1cc2[nH]c(=O)c3cnn(C4CCOCC4)c3c2cc1C(=O)NCCCN(C)c1ccccc1. The number of aryl methyl sites for hydroxylation is 1. The molecule has 0 bridgehead atoms. The van der Waals surface area contributed by atoms with Crippen molar-refractivity contribution in [1.29, 1.82) is 0 Å². The van der Waals surface area contributed by atoms with Crippen LogP contribution in [0, 0.1) is 6.92 Å². The summed E-state index contributed by atoms with van der Waals surface area (Å²) in [5.41, 5.74) is 3.93. The standard InChI is InChI=1S/C27H31N5O3/c1-18-15-24-22(25-23(27(34)30-24)17-29-32(25)20-9-13-35-14-10-20)16-21(18)26(33)28-11-6-12-31(2)19-7-4-3-5-8-19/h3-5,7-8,15-17,20H,6,9-14H2,1-2H3,(H,28,33)(H,30,34). The van der Waals surface area contributed by atoms with E-state index >= 15 is 0 Å². The predicted molar refractivity (Wildman–Crippen MR) is 138 cm³/mol. The number of pyridine rings is 1. The zero-order valence-electron chi connectivity index (χ0n) is 20.2. The number of hydrogen-bond acceptors (Lipinski definition) is 5. The minimum atomic E-state index is -0.162. The second-order valence-electron chi connectivity index (χ2n) is 9.23. The van der Waals surface area contributed by atoms with Gasteiger partial charge < -0.3 is 19.9 Å². The Morgan fingerprint density at radius 1 is 1.20 bits per heavy atom. The Morgan fingerprint density at radius 2 is 1.97 bits per heavy atom. The highest BCUT2D eigenvalue weighted by atomic mass is 16.5. The van der Waals surface area contributed by atoms with Gasteiger partial charge in [-0.2, -0.15) is 5.10 Å². The van der Waals surface area contributed by atoms with Crippen LogP contribution in [0.2, 0.25) is 0 Å². The van der Waals surface area contributed by atoms with E-state index in [2.05, 4.69) is 39.5 Å². The first-order valence-electron chi connectivity index (χ1n) is 12.2. The van der Waals surface area contributed by atoms with E-state index in [4.69, 9.17) is 4.74 Å². The second-order valence-corrected chi connectivity index (χ2v) is 9.23. The minimum absolute atomic E-state index is 0.108. The van der Waals surface area contributed by atoms with Crippen molar-refractivity contribution in [2.75, 3.05) is 38.3 Å². The Morgan fingerprint density at radius 3 is 2.74 bits per heavy atom. The fourth-order valence-corrected chi connectivity index (χ4v) is 4.87. The number of aromatic amines is 1. The van der Waals surface area contributed by atoms with Gasteiger partial charge in [0, 0.05) is 50.0 Å². The summed E-state index contributed by atoms with van der Waals surface area (Å²) in [5, 5.41) is 9.01. The molecule has 1 amide bonds. The fraction of sp³-hybridized carbons (Fsp3) is 0.370. The maximum Gasteiger partial charge on any atom is 0.259 e. The summed E-state index contributed by atoms with van der Waals surface area (Å²) in [7, 11) is 2.05. The first kappa shape index (κ1) is 23.1. The second kappa shape index (κ2) is 9.92. The van der Waals surface area contributed by atoms with Crippen LogP contribution in [-0.4, -0.2) is 54.0 Å². The van der Waals surface area contributed by atoms with E-state index in [1.165, 1.54) is 0 Å². The third-order valence-electron chi connectivity index (χ3n) is 6.84. The number of carbonyl (C=O) groups excluding carboxylic acids is 1. The van der Waals surface area contributed by atoms with E-state index in [0.29, 0.717) is 30.7 Å². The molecule has 8 nitrogen and oxygen atoms in total. The van der Waals surface area contributed by atoms with Crippen molar-refractivity contribution in [3.05, 3.63) is 70.1 Å². The van der Waals surface area contributed by atoms with Crippen LogP contribution in [0.25, 0.3) is 21.8 Å². The number of anilines is 1. The molecule has 182 valence electrons. The third-order valence-corrected chi connectivity index (χ3v) is 6.84. The average molecular weight is 474 g/mol. The first-order valence-corrected chi connectivity index (χ1v) is 12.2. The Bertz CT molecular complexity index is 1400. The van der Waals surface area contributed by atoms with Gasteiger partial charge in [0.15, 0.2) is 0 Å². The van der Waals surface area contributed by atoms with Gasteiger partial charge in [-0.3, -0.25) is 14.3 Å². The van der Waals surface area contributed by atoms with Crippen LogP contribution in [0.5, 0.6) is 0 Å². The molecular weight excluding hydrogens is 442 g/mol. The molecule has 8 heteroatoms. The van der Waals surface area contributed by atoms with E-state index in [9.17, 15) is 9.59 Å². The monoisotopic (exact) mass is 473 g/mol. The molecule has 3 heterocycles. The molecule has 1 saturated heterocycles. The number of carbonyl (C=O) groups is 1. The Balaban J connectivity index is 1.38. The zero-order valence-corrected chi connectivity index (χ0v) is 20.2. The molecule has 0 aliphatic carbocycles. The Hall–Kier alpha value is -3.65. The minimum Gasteiger partial charge on any atom is -0.381 e. The molecular formula is C27H31N5O3. The molecule has 0 saturated carbocycles. The smallest absolute Gasteiger partial charge is 0.259 e. The van der Waals surface area contributed by atoms with Gasteiger partial charge in [-0.25, -0.2) is 0 Å². The molecule has 0 radical (unpaired) electrons. The number of hydrogen-bond donors (Lipinski definition) is 2. The van der Waals surface area contributed by atoms with Crippen molar-refractivity contribution < 1.29 is 9.53 Å². The van der Waals surface area contributed by atoms with Gasteiger partial charge in [0.05, 0.1) is 28.7 Å². The number of aromatic nitrogens is 3. The van der Waals surface area contributed by atoms with Gasteiger partial charge in [0.25, 0.3) is 11.5 Å². The highest BCUT2D eigenvalue weighted by Crippen LogP contribution is 2.29. The number of H-pyrrole nitrogens is 1. The van der Waals surface area contributed by atoms with Crippen molar-refractivity contribution >= 4 is 33.4 Å². The molecule has 1 fully saturated rings. The maximum atomic E-state index is 13.1. The zero-order chi connectivity index (χ0) is 24.4. The molecule has 35 heavy (non-hydrogen) atoms. The first-order chi connectivity index (χ1) is 17.0. The largest absolute Gasteiger partial charge is 0.381 e. The Kier molecular flexibility index (Phi) is 6.55. The summed E-state index contributed by atoms with van der Waals surface area (Å²) in [6.07, 6.45) is 4.16. The number of rotatable bonds is 7. The quantitative estimate of drug-likeness (QED) is 0.399. The number of amides is 1. The number of nitrogens with zero attached hydrogens (tertiary/aromatic N) is 3. The van der Waals surface area contributed by atoms with Crippen LogP contribution >= 0.6 is 0 Å². The topological polar surface area (TPSA) is 92.2 Å². The molecule has 2 aromatic carbocycles. The van der Waals surface area contributed by atoms with Gasteiger partial charge in [-0.1, -0.05) is 18.2 Å². The van der Waals surface area contributed by atoms with Gasteiger partial charge in [-0.05, 0) is 56.0 Å². The van der Waals surface area contributed by atoms with Crippen molar-refractivity contribution in [2.45, 2.75) is 32.2 Å². The van der Waals surface area contributed by atoms with Crippen molar-refractivity contribution in [2.24, 2.45) is 0 Å². The Labute approximate surface area is 203 Å². The lowest BCUT2D eigenvalue weighted by Gasteiger charge is -2.23. The highest BCUT2D eigenvalue weighted by molar-refractivity contribution is 6.07. The van der Waals surface area contributed by atoms with Gasteiger partial charge in [0.2, 0.25) is 0 Å². The molecule has 2 N–H and O–H groups in total. The molecule has 5 rings (SSSR count). The van der Waals surface area contributed by atoms with Gasteiger partial charge in [-0.15, -0.1) is 0 Å². The number of fused-ring (bicyclic) bond motifs is 3. The van der Waals surface area contributed by atoms with Crippen LogP contribution < -0.4 is 15.8 Å². The average Bonchev–Trinajstić information content (AvgIpc) is 3.33. The van der Waals surface area contributed by atoms with Crippen molar-refractivity contribution in [3.63, 3.8) is 0 Å². The number of benzene rings is 2. The summed E-state index contributed by atoms with van der Waals surface area (Å²) < 4.78 is 7.46. The van der Waals surface area contributed by atoms with Crippen LogP contribution in [0.3, 0.4) is 0 Å². The normalized spacial score (nSPS) is 14.5. The molecule has 4 aromatic rings. The van der Waals surface area contributed by atoms with E-state index in [1.807, 2.05) is 41.9 Å². The lowest BCUT2D eigenvalue weighted by molar-refractivity contribution is 0.0675. The summed E-state index contributed by atoms with van der Waals surface area (Å²) in [6.45, 7) is 4.68. The fourth-order valence-electron chi connectivity index (χ4n) is 4.87. The van der Waals surface area contributed by atoms with Gasteiger partial charge >= 0.3 is 0 Å². The van der Waals surface area contributed by atoms with E-state index in [0.717, 1.165) is 53.5 Å². The lowest BCUT2D eigenvalue weighted by atomic mass is 10.0. The summed E-state index contributed by atoms with van der Waals surface area (Å²) in [4.78, 5) is 31.0. The summed E-state index contributed by atoms with van der Waals surface area (Å²) in [5.74, 6) is -0.108.